The van der Waals surface area contributed by atoms with Crippen LogP contribution >= 0.6 is 0 Å². The number of benzene rings is 1. The number of pyridine rings is 1. The van der Waals surface area contributed by atoms with E-state index < -0.39 is 11.7 Å². The molecule has 3 nitrogen and oxygen atoms in total. The first kappa shape index (κ1) is 19.3. The quantitative estimate of drug-likeness (QED) is 0.612. The minimum atomic E-state index is -4.41. The lowest BCUT2D eigenvalue weighted by Gasteiger charge is -2.27. The lowest BCUT2D eigenvalue weighted by molar-refractivity contribution is -0.137. The van der Waals surface area contributed by atoms with Crippen LogP contribution in [0.3, 0.4) is 0 Å². The van der Waals surface area contributed by atoms with Crippen molar-refractivity contribution in [2.45, 2.75) is 31.5 Å². The minimum Gasteiger partial charge on any atom is -0.439 e. The zero-order valence-corrected chi connectivity index (χ0v) is 15.8. The fraction of sp³-hybridized carbons (Fsp3) is 0.261. The molecule has 1 unspecified atom stereocenters. The van der Waals surface area contributed by atoms with Gasteiger partial charge in [0.15, 0.2) is 0 Å². The first-order valence-corrected chi connectivity index (χ1v) is 9.57. The van der Waals surface area contributed by atoms with Crippen LogP contribution in [-0.2, 0) is 6.18 Å². The standard InChI is InChI=1S/C23H21F3N2O/c24-23(25,26)19-8-10-22(27-16-19)29-21-6-4-5-17(15-21)13-18-7-9-20(14-18)28-11-2-1-3-12-28/h1-6,8,10-11,13,15-16,20H,7,9,12,14H2/b18-13+. The fourth-order valence-electron chi connectivity index (χ4n) is 3.66. The van der Waals surface area contributed by atoms with Crippen LogP contribution in [0.4, 0.5) is 13.2 Å². The third kappa shape index (κ3) is 4.88. The molecule has 0 amide bonds. The first-order chi connectivity index (χ1) is 14.0. The predicted octanol–water partition coefficient (Wildman–Crippen LogP) is 6.21. The Morgan fingerprint density at radius 1 is 1.14 bits per heavy atom. The molecule has 0 N–H and O–H groups in total. The normalized spacial score (nSPS) is 20.4. The molecule has 2 aromatic rings. The van der Waals surface area contributed by atoms with Gasteiger partial charge in [-0.05, 0) is 55.3 Å². The predicted molar refractivity (Wildman–Crippen MR) is 106 cm³/mol. The molecule has 1 atom stereocenters. The van der Waals surface area contributed by atoms with Crippen molar-refractivity contribution in [1.82, 2.24) is 9.88 Å². The lowest BCUT2D eigenvalue weighted by atomic mass is 10.1. The second kappa shape index (κ2) is 8.15. The van der Waals surface area contributed by atoms with Crippen LogP contribution in [0.15, 0.2) is 72.6 Å². The molecule has 1 saturated carbocycles. The molecule has 1 fully saturated rings. The summed E-state index contributed by atoms with van der Waals surface area (Å²) in [5.74, 6) is 0.680. The third-order valence-electron chi connectivity index (χ3n) is 5.12. The van der Waals surface area contributed by atoms with Gasteiger partial charge in [0.2, 0.25) is 5.88 Å². The Balaban J connectivity index is 1.42. The van der Waals surface area contributed by atoms with Gasteiger partial charge in [-0.25, -0.2) is 4.98 Å². The summed E-state index contributed by atoms with van der Waals surface area (Å²) in [4.78, 5) is 6.13. The summed E-state index contributed by atoms with van der Waals surface area (Å²) in [6.45, 7) is 0.956. The minimum absolute atomic E-state index is 0.133. The number of hydrogen-bond acceptors (Lipinski definition) is 3. The van der Waals surface area contributed by atoms with Gasteiger partial charge in [0.25, 0.3) is 0 Å². The van der Waals surface area contributed by atoms with E-state index in [0.717, 1.165) is 43.6 Å². The van der Waals surface area contributed by atoms with Gasteiger partial charge in [-0.2, -0.15) is 13.2 Å². The first-order valence-electron chi connectivity index (χ1n) is 9.57. The molecular formula is C23H21F3N2O. The van der Waals surface area contributed by atoms with Crippen molar-refractivity contribution < 1.29 is 17.9 Å². The van der Waals surface area contributed by atoms with E-state index in [0.29, 0.717) is 11.8 Å². The highest BCUT2D eigenvalue weighted by molar-refractivity contribution is 5.56. The van der Waals surface area contributed by atoms with Crippen molar-refractivity contribution in [3.63, 3.8) is 0 Å². The number of ether oxygens (including phenoxy) is 1. The molecule has 2 heterocycles. The highest BCUT2D eigenvalue weighted by Crippen LogP contribution is 2.32. The van der Waals surface area contributed by atoms with Crippen LogP contribution in [0.25, 0.3) is 6.08 Å². The Kier molecular flexibility index (Phi) is 5.43. The van der Waals surface area contributed by atoms with Gasteiger partial charge in [0.05, 0.1) is 5.56 Å². The maximum Gasteiger partial charge on any atom is 0.417 e. The average Bonchev–Trinajstić information content (AvgIpc) is 3.17. The van der Waals surface area contributed by atoms with E-state index in [1.165, 1.54) is 11.6 Å². The molecule has 1 aromatic carbocycles. The second-order valence-electron chi connectivity index (χ2n) is 7.22. The Morgan fingerprint density at radius 3 is 2.76 bits per heavy atom. The number of nitrogens with zero attached hydrogens (tertiary/aromatic N) is 2. The fourth-order valence-corrected chi connectivity index (χ4v) is 3.66. The largest absolute Gasteiger partial charge is 0.439 e. The summed E-state index contributed by atoms with van der Waals surface area (Å²) in [6, 6.07) is 10.2. The van der Waals surface area contributed by atoms with Crippen molar-refractivity contribution in [2.24, 2.45) is 0 Å². The van der Waals surface area contributed by atoms with Gasteiger partial charge in [-0.1, -0.05) is 35.9 Å². The monoisotopic (exact) mass is 398 g/mol. The molecule has 29 heavy (non-hydrogen) atoms. The number of rotatable bonds is 4. The highest BCUT2D eigenvalue weighted by atomic mass is 19.4. The summed E-state index contributed by atoms with van der Waals surface area (Å²) in [6.07, 6.45) is 10.2. The van der Waals surface area contributed by atoms with Crippen LogP contribution in [0.5, 0.6) is 11.6 Å². The molecule has 6 heteroatoms. The summed E-state index contributed by atoms with van der Waals surface area (Å²) in [7, 11) is 0. The molecular weight excluding hydrogens is 377 g/mol. The van der Waals surface area contributed by atoms with Crippen molar-refractivity contribution >= 4 is 6.08 Å². The molecule has 0 saturated heterocycles. The molecule has 0 spiro atoms. The summed E-state index contributed by atoms with van der Waals surface area (Å²) < 4.78 is 43.6. The van der Waals surface area contributed by atoms with E-state index in [9.17, 15) is 13.2 Å². The number of halogens is 3. The molecule has 2 aliphatic rings. The smallest absolute Gasteiger partial charge is 0.417 e. The van der Waals surface area contributed by atoms with Gasteiger partial charge in [0.1, 0.15) is 5.75 Å². The van der Waals surface area contributed by atoms with Crippen LogP contribution in [-0.4, -0.2) is 22.5 Å². The SMILES string of the molecule is FC(F)(F)c1ccc(Oc2cccc(/C=C3\CCC(N4C=CC=CC4)C3)c2)nc1. The Hall–Kier alpha value is -3.02. The van der Waals surface area contributed by atoms with Gasteiger partial charge >= 0.3 is 6.18 Å². The third-order valence-corrected chi connectivity index (χ3v) is 5.12. The topological polar surface area (TPSA) is 25.4 Å². The molecule has 1 aromatic heterocycles. The zero-order valence-electron chi connectivity index (χ0n) is 15.8. The van der Waals surface area contributed by atoms with Crippen LogP contribution < -0.4 is 4.74 Å². The van der Waals surface area contributed by atoms with Crippen molar-refractivity contribution in [2.75, 3.05) is 6.54 Å². The van der Waals surface area contributed by atoms with E-state index in [1.54, 1.807) is 6.07 Å². The summed E-state index contributed by atoms with van der Waals surface area (Å²) in [5, 5.41) is 0. The van der Waals surface area contributed by atoms with Crippen molar-refractivity contribution in [3.05, 3.63) is 83.7 Å². The molecule has 0 bridgehead atoms. The molecule has 4 rings (SSSR count). The van der Waals surface area contributed by atoms with Gasteiger partial charge in [0, 0.05) is 24.8 Å². The van der Waals surface area contributed by atoms with E-state index in [-0.39, 0.29) is 5.88 Å². The van der Waals surface area contributed by atoms with Gasteiger partial charge in [-0.15, -0.1) is 0 Å². The maximum absolute atomic E-state index is 12.6. The van der Waals surface area contributed by atoms with E-state index in [1.807, 2.05) is 18.2 Å². The molecule has 150 valence electrons. The van der Waals surface area contributed by atoms with E-state index in [2.05, 4.69) is 40.4 Å². The van der Waals surface area contributed by atoms with Crippen molar-refractivity contribution in [3.8, 4) is 11.6 Å². The van der Waals surface area contributed by atoms with Gasteiger partial charge < -0.3 is 9.64 Å². The zero-order chi connectivity index (χ0) is 20.3. The van der Waals surface area contributed by atoms with Crippen molar-refractivity contribution in [1.29, 1.82) is 0 Å². The van der Waals surface area contributed by atoms with Crippen LogP contribution in [0, 0.1) is 0 Å². The average molecular weight is 398 g/mol. The molecule has 1 aliphatic heterocycles. The number of hydrogen-bond donors (Lipinski definition) is 0. The number of allylic oxidation sites excluding steroid dienone is 2. The summed E-state index contributed by atoms with van der Waals surface area (Å²) >= 11 is 0. The maximum atomic E-state index is 12.6. The van der Waals surface area contributed by atoms with Crippen LogP contribution in [0.1, 0.15) is 30.4 Å². The lowest BCUT2D eigenvalue weighted by Crippen LogP contribution is -2.29. The second-order valence-corrected chi connectivity index (χ2v) is 7.22. The summed E-state index contributed by atoms with van der Waals surface area (Å²) in [5.41, 5.74) is 1.61. The number of alkyl halides is 3. The highest BCUT2D eigenvalue weighted by Gasteiger charge is 2.30. The van der Waals surface area contributed by atoms with E-state index >= 15 is 0 Å². The Labute approximate surface area is 167 Å². The van der Waals surface area contributed by atoms with Gasteiger partial charge in [-0.3, -0.25) is 0 Å². The molecule has 1 aliphatic carbocycles. The Morgan fingerprint density at radius 2 is 2.03 bits per heavy atom. The van der Waals surface area contributed by atoms with Crippen LogP contribution in [0.2, 0.25) is 0 Å². The Bertz CT molecular complexity index is 945. The van der Waals surface area contributed by atoms with E-state index in [4.69, 9.17) is 4.74 Å². The molecule has 0 radical (unpaired) electrons. The number of aromatic nitrogens is 1.